The molecule has 0 amide bonds. The van der Waals surface area contributed by atoms with Crippen LogP contribution in [0, 0.1) is 5.82 Å². The van der Waals surface area contributed by atoms with Crippen molar-refractivity contribution >= 4 is 15.7 Å². The Kier molecular flexibility index (Phi) is 5.37. The molecule has 0 aliphatic carbocycles. The van der Waals surface area contributed by atoms with Crippen molar-refractivity contribution < 1.29 is 12.8 Å². The first-order valence-corrected chi connectivity index (χ1v) is 7.15. The molecule has 17 heavy (non-hydrogen) atoms. The van der Waals surface area contributed by atoms with Crippen LogP contribution in [0.5, 0.6) is 0 Å². The molecular weight excluding hydrogens is 243 g/mol. The Balaban J connectivity index is 2.46. The molecule has 0 saturated heterocycles. The van der Waals surface area contributed by atoms with Crippen LogP contribution < -0.4 is 10.0 Å². The van der Waals surface area contributed by atoms with Gasteiger partial charge in [0.1, 0.15) is 5.82 Å². The molecule has 6 heteroatoms. The molecule has 0 aliphatic rings. The van der Waals surface area contributed by atoms with Gasteiger partial charge in [0.05, 0.1) is 5.75 Å². The van der Waals surface area contributed by atoms with Crippen molar-refractivity contribution in [3.05, 3.63) is 30.1 Å². The minimum Gasteiger partial charge on any atom is -0.316 e. The van der Waals surface area contributed by atoms with Crippen molar-refractivity contribution in [3.63, 3.8) is 0 Å². The van der Waals surface area contributed by atoms with Gasteiger partial charge in [-0.05, 0) is 37.2 Å². The predicted molar refractivity (Wildman–Crippen MR) is 67.0 cm³/mol. The lowest BCUT2D eigenvalue weighted by molar-refractivity contribution is 0.595. The fourth-order valence-corrected chi connectivity index (χ4v) is 2.27. The van der Waals surface area contributed by atoms with E-state index in [4.69, 9.17) is 0 Å². The second kappa shape index (κ2) is 6.56. The molecule has 96 valence electrons. The maximum absolute atomic E-state index is 12.6. The molecule has 0 atom stereocenters. The van der Waals surface area contributed by atoms with Gasteiger partial charge in [0.15, 0.2) is 0 Å². The number of halogens is 1. The van der Waals surface area contributed by atoms with E-state index in [0.717, 1.165) is 13.0 Å². The van der Waals surface area contributed by atoms with Gasteiger partial charge in [-0.1, -0.05) is 6.92 Å². The first-order chi connectivity index (χ1) is 8.03. The number of nitrogens with one attached hydrogen (secondary N) is 2. The fraction of sp³-hybridized carbons (Fsp3) is 0.455. The summed E-state index contributed by atoms with van der Waals surface area (Å²) in [7, 11) is -3.36. The van der Waals surface area contributed by atoms with Crippen LogP contribution in [0.25, 0.3) is 0 Å². The number of sulfonamides is 1. The molecule has 0 aromatic heterocycles. The Labute approximate surface area is 101 Å². The zero-order chi connectivity index (χ0) is 12.7. The molecule has 1 rings (SSSR count). The summed E-state index contributed by atoms with van der Waals surface area (Å²) in [4.78, 5) is 0. The van der Waals surface area contributed by atoms with Crippen molar-refractivity contribution in [2.24, 2.45) is 0 Å². The number of anilines is 1. The summed E-state index contributed by atoms with van der Waals surface area (Å²) in [5, 5.41) is 3.01. The summed E-state index contributed by atoms with van der Waals surface area (Å²) in [6, 6.07) is 5.22. The number of rotatable bonds is 7. The van der Waals surface area contributed by atoms with Crippen LogP contribution >= 0.6 is 0 Å². The summed E-state index contributed by atoms with van der Waals surface area (Å²) in [5.74, 6) is -0.387. The maximum Gasteiger partial charge on any atom is 0.233 e. The number of hydrogen-bond acceptors (Lipinski definition) is 3. The summed E-state index contributed by atoms with van der Waals surface area (Å²) in [6.07, 6.45) is 0.964. The van der Waals surface area contributed by atoms with Gasteiger partial charge < -0.3 is 5.32 Å². The minimum absolute atomic E-state index is 0.00434. The van der Waals surface area contributed by atoms with Gasteiger partial charge in [-0.2, -0.15) is 0 Å². The molecule has 0 heterocycles. The topological polar surface area (TPSA) is 58.2 Å². The van der Waals surface area contributed by atoms with Crippen LogP contribution in [-0.4, -0.2) is 27.3 Å². The first kappa shape index (κ1) is 13.9. The van der Waals surface area contributed by atoms with Gasteiger partial charge >= 0.3 is 0 Å². The van der Waals surface area contributed by atoms with E-state index in [1.54, 1.807) is 0 Å². The molecule has 2 N–H and O–H groups in total. The SMILES string of the molecule is CCCNCCS(=O)(=O)Nc1ccc(F)cc1. The van der Waals surface area contributed by atoms with Gasteiger partial charge in [-0.25, -0.2) is 12.8 Å². The van der Waals surface area contributed by atoms with Gasteiger partial charge in [-0.3, -0.25) is 4.72 Å². The lowest BCUT2D eigenvalue weighted by atomic mass is 10.3. The van der Waals surface area contributed by atoms with Crippen LogP contribution in [0.3, 0.4) is 0 Å². The standard InChI is InChI=1S/C11H17FN2O2S/c1-2-7-13-8-9-17(15,16)14-11-5-3-10(12)4-6-11/h3-6,13-14H,2,7-9H2,1H3. The molecular formula is C11H17FN2O2S. The molecule has 0 radical (unpaired) electrons. The van der Waals surface area contributed by atoms with Crippen molar-refractivity contribution in [3.8, 4) is 0 Å². The second-order valence-electron chi connectivity index (χ2n) is 3.68. The van der Waals surface area contributed by atoms with Gasteiger partial charge in [0, 0.05) is 12.2 Å². The van der Waals surface area contributed by atoms with Gasteiger partial charge in [0.25, 0.3) is 0 Å². The minimum atomic E-state index is -3.36. The average molecular weight is 260 g/mol. The van der Waals surface area contributed by atoms with E-state index in [2.05, 4.69) is 10.0 Å². The zero-order valence-corrected chi connectivity index (χ0v) is 10.6. The van der Waals surface area contributed by atoms with E-state index in [1.165, 1.54) is 24.3 Å². The summed E-state index contributed by atoms with van der Waals surface area (Å²) in [5.41, 5.74) is 0.377. The van der Waals surface area contributed by atoms with E-state index < -0.39 is 15.8 Å². The summed E-state index contributed by atoms with van der Waals surface area (Å²) in [6.45, 7) is 3.22. The third-order valence-electron chi connectivity index (χ3n) is 2.09. The van der Waals surface area contributed by atoms with Crippen molar-refractivity contribution in [1.82, 2.24) is 5.32 Å². The molecule has 1 aromatic rings. The predicted octanol–water partition coefficient (Wildman–Crippen LogP) is 1.57. The Morgan fingerprint density at radius 3 is 2.41 bits per heavy atom. The van der Waals surface area contributed by atoms with E-state index in [-0.39, 0.29) is 5.75 Å². The first-order valence-electron chi connectivity index (χ1n) is 5.50. The Bertz CT molecular complexity index is 431. The average Bonchev–Trinajstić information content (AvgIpc) is 2.27. The third kappa shape index (κ3) is 5.65. The van der Waals surface area contributed by atoms with Gasteiger partial charge in [0.2, 0.25) is 10.0 Å². The highest BCUT2D eigenvalue weighted by atomic mass is 32.2. The fourth-order valence-electron chi connectivity index (χ4n) is 1.26. The second-order valence-corrected chi connectivity index (χ2v) is 5.52. The van der Waals surface area contributed by atoms with Crippen LogP contribution in [0.2, 0.25) is 0 Å². The molecule has 0 bridgehead atoms. The van der Waals surface area contributed by atoms with Crippen LogP contribution in [0.15, 0.2) is 24.3 Å². The number of hydrogen-bond donors (Lipinski definition) is 2. The van der Waals surface area contributed by atoms with Crippen molar-refractivity contribution in [2.75, 3.05) is 23.6 Å². The lowest BCUT2D eigenvalue weighted by Gasteiger charge is -2.08. The Hall–Kier alpha value is -1.14. The molecule has 0 spiro atoms. The highest BCUT2D eigenvalue weighted by molar-refractivity contribution is 7.92. The third-order valence-corrected chi connectivity index (χ3v) is 3.38. The van der Waals surface area contributed by atoms with Crippen LogP contribution in [0.4, 0.5) is 10.1 Å². The summed E-state index contributed by atoms with van der Waals surface area (Å²) < 4.78 is 38.2. The zero-order valence-electron chi connectivity index (χ0n) is 9.74. The molecule has 0 unspecified atom stereocenters. The largest absolute Gasteiger partial charge is 0.316 e. The summed E-state index contributed by atoms with van der Waals surface area (Å²) >= 11 is 0. The normalized spacial score (nSPS) is 11.4. The Morgan fingerprint density at radius 2 is 1.82 bits per heavy atom. The van der Waals surface area contributed by atoms with Crippen LogP contribution in [0.1, 0.15) is 13.3 Å². The van der Waals surface area contributed by atoms with E-state index in [1.807, 2.05) is 6.92 Å². The van der Waals surface area contributed by atoms with Crippen molar-refractivity contribution in [1.29, 1.82) is 0 Å². The van der Waals surface area contributed by atoms with E-state index in [9.17, 15) is 12.8 Å². The quantitative estimate of drug-likeness (QED) is 0.732. The molecule has 0 aliphatic heterocycles. The Morgan fingerprint density at radius 1 is 1.18 bits per heavy atom. The van der Waals surface area contributed by atoms with E-state index in [0.29, 0.717) is 12.2 Å². The highest BCUT2D eigenvalue weighted by Crippen LogP contribution is 2.10. The van der Waals surface area contributed by atoms with Crippen molar-refractivity contribution in [2.45, 2.75) is 13.3 Å². The lowest BCUT2D eigenvalue weighted by Crippen LogP contribution is -2.27. The molecule has 4 nitrogen and oxygen atoms in total. The van der Waals surface area contributed by atoms with Crippen LogP contribution in [-0.2, 0) is 10.0 Å². The smallest absolute Gasteiger partial charge is 0.233 e. The van der Waals surface area contributed by atoms with Gasteiger partial charge in [-0.15, -0.1) is 0 Å². The van der Waals surface area contributed by atoms with E-state index >= 15 is 0 Å². The monoisotopic (exact) mass is 260 g/mol. The molecule has 0 saturated carbocycles. The maximum atomic E-state index is 12.6. The molecule has 0 fully saturated rings. The highest BCUT2D eigenvalue weighted by Gasteiger charge is 2.09. The number of benzene rings is 1. The molecule has 1 aromatic carbocycles.